The summed E-state index contributed by atoms with van der Waals surface area (Å²) in [7, 11) is -4.54. The molecule has 1 aliphatic heterocycles. The van der Waals surface area contributed by atoms with E-state index in [1.165, 1.54) is 6.92 Å². The molecule has 0 amide bonds. The van der Waals surface area contributed by atoms with Gasteiger partial charge in [0.15, 0.2) is 4.90 Å². The van der Waals surface area contributed by atoms with Gasteiger partial charge in [-0.3, -0.25) is 4.79 Å². The first-order chi connectivity index (χ1) is 9.75. The fraction of sp³-hybridized carbons (Fsp3) is 0.462. The molecule has 0 N–H and O–H groups in total. The molecular formula is C13H14F3NO3S. The van der Waals surface area contributed by atoms with Gasteiger partial charge in [0, 0.05) is 18.7 Å². The summed E-state index contributed by atoms with van der Waals surface area (Å²) in [5.74, 6) is -4.59. The average Bonchev–Trinajstić information content (AvgIpc) is 2.37. The maximum atomic E-state index is 13.7. The van der Waals surface area contributed by atoms with Gasteiger partial charge < -0.3 is 0 Å². The number of sulfonamides is 1. The van der Waals surface area contributed by atoms with Crippen molar-refractivity contribution in [3.8, 4) is 0 Å². The number of rotatable bonds is 3. The van der Waals surface area contributed by atoms with E-state index < -0.39 is 38.4 Å². The lowest BCUT2D eigenvalue weighted by Gasteiger charge is -2.33. The lowest BCUT2D eigenvalue weighted by molar-refractivity contribution is -0.121. The molecule has 1 saturated heterocycles. The number of hydrogen-bond acceptors (Lipinski definition) is 3. The fourth-order valence-corrected chi connectivity index (χ4v) is 4.30. The van der Waals surface area contributed by atoms with E-state index in [2.05, 4.69) is 0 Å². The number of Topliss-reactive ketones (excluding diaryl/α,β-unsaturated/α-hetero) is 1. The number of ketones is 1. The largest absolute Gasteiger partial charge is 0.298 e. The van der Waals surface area contributed by atoms with Gasteiger partial charge in [0.25, 0.3) is 0 Å². The lowest BCUT2D eigenvalue weighted by Crippen LogP contribution is -2.47. The van der Waals surface area contributed by atoms with E-state index in [9.17, 15) is 26.4 Å². The Balaban J connectivity index is 2.53. The normalized spacial score (nSPS) is 20.5. The highest BCUT2D eigenvalue weighted by Crippen LogP contribution is 2.29. The predicted octanol–water partition coefficient (Wildman–Crippen LogP) is 2.24. The van der Waals surface area contributed by atoms with Crippen molar-refractivity contribution in [3.63, 3.8) is 0 Å². The maximum Gasteiger partial charge on any atom is 0.249 e. The molecule has 116 valence electrons. The number of carbonyl (C=O) groups is 1. The molecule has 0 aliphatic carbocycles. The quantitative estimate of drug-likeness (QED) is 0.858. The van der Waals surface area contributed by atoms with Crippen molar-refractivity contribution in [2.75, 3.05) is 6.54 Å². The first-order valence-electron chi connectivity index (χ1n) is 6.42. The molecule has 0 bridgehead atoms. The summed E-state index contributed by atoms with van der Waals surface area (Å²) in [6, 6.07) is -0.321. The van der Waals surface area contributed by atoms with Crippen molar-refractivity contribution in [1.82, 2.24) is 4.31 Å². The van der Waals surface area contributed by atoms with Gasteiger partial charge in [-0.25, -0.2) is 21.6 Å². The molecule has 1 heterocycles. The van der Waals surface area contributed by atoms with E-state index in [1.54, 1.807) is 0 Å². The van der Waals surface area contributed by atoms with Crippen LogP contribution in [0.3, 0.4) is 0 Å². The van der Waals surface area contributed by atoms with Crippen LogP contribution in [0.1, 0.15) is 26.2 Å². The Morgan fingerprint density at radius 3 is 2.29 bits per heavy atom. The first kappa shape index (κ1) is 16.0. The van der Waals surface area contributed by atoms with Crippen LogP contribution in [-0.2, 0) is 14.8 Å². The minimum Gasteiger partial charge on any atom is -0.298 e. The van der Waals surface area contributed by atoms with Gasteiger partial charge in [0.05, 0.1) is 6.04 Å². The second-order valence-electron chi connectivity index (χ2n) is 4.94. The van der Waals surface area contributed by atoms with Crippen LogP contribution in [0.15, 0.2) is 17.0 Å². The summed E-state index contributed by atoms with van der Waals surface area (Å²) < 4.78 is 66.0. The number of nitrogens with zero attached hydrogens (tertiary/aromatic N) is 1. The number of piperidine rings is 1. The van der Waals surface area contributed by atoms with E-state index in [-0.39, 0.29) is 12.3 Å². The monoisotopic (exact) mass is 321 g/mol. The highest BCUT2D eigenvalue weighted by molar-refractivity contribution is 7.89. The predicted molar refractivity (Wildman–Crippen MR) is 68.5 cm³/mol. The molecule has 1 atom stereocenters. The van der Waals surface area contributed by atoms with Gasteiger partial charge in [-0.05, 0) is 19.8 Å². The van der Waals surface area contributed by atoms with E-state index in [0.29, 0.717) is 31.4 Å². The molecule has 4 nitrogen and oxygen atoms in total. The molecule has 0 aromatic heterocycles. The van der Waals surface area contributed by atoms with E-state index in [0.717, 1.165) is 4.31 Å². The summed E-state index contributed by atoms with van der Waals surface area (Å²) >= 11 is 0. The van der Waals surface area contributed by atoms with Crippen molar-refractivity contribution in [1.29, 1.82) is 0 Å². The molecule has 0 radical (unpaired) electrons. The molecule has 8 heteroatoms. The first-order valence-corrected chi connectivity index (χ1v) is 7.86. The number of halogens is 3. The Morgan fingerprint density at radius 1 is 1.19 bits per heavy atom. The fourth-order valence-electron chi connectivity index (χ4n) is 2.49. The Kier molecular flexibility index (Phi) is 4.38. The van der Waals surface area contributed by atoms with Crippen molar-refractivity contribution in [2.24, 2.45) is 0 Å². The zero-order chi connectivity index (χ0) is 15.8. The summed E-state index contributed by atoms with van der Waals surface area (Å²) in [6.07, 6.45) is 1.46. The van der Waals surface area contributed by atoms with Crippen molar-refractivity contribution in [3.05, 3.63) is 29.6 Å². The Labute approximate surface area is 120 Å². The summed E-state index contributed by atoms with van der Waals surface area (Å²) in [5, 5.41) is 0. The summed E-state index contributed by atoms with van der Waals surface area (Å²) in [6.45, 7) is 1.23. The summed E-state index contributed by atoms with van der Waals surface area (Å²) in [4.78, 5) is 10.3. The SMILES string of the molecule is CC(=O)C1CCCCN1S(=O)(=O)c1c(F)cc(F)cc1F. The van der Waals surface area contributed by atoms with Crippen LogP contribution in [0, 0.1) is 17.5 Å². The van der Waals surface area contributed by atoms with E-state index >= 15 is 0 Å². The average molecular weight is 321 g/mol. The number of carbonyl (C=O) groups excluding carboxylic acids is 1. The molecule has 1 unspecified atom stereocenters. The van der Waals surface area contributed by atoms with Crippen LogP contribution < -0.4 is 0 Å². The molecule has 2 rings (SSSR count). The van der Waals surface area contributed by atoms with Crippen LogP contribution in [0.25, 0.3) is 0 Å². The smallest absolute Gasteiger partial charge is 0.249 e. The molecule has 0 saturated carbocycles. The van der Waals surface area contributed by atoms with E-state index in [1.807, 2.05) is 0 Å². The maximum absolute atomic E-state index is 13.7. The number of benzene rings is 1. The molecule has 1 aliphatic rings. The molecular weight excluding hydrogens is 307 g/mol. The second kappa shape index (κ2) is 5.76. The van der Waals surface area contributed by atoms with Crippen molar-refractivity contribution < 1.29 is 26.4 Å². The van der Waals surface area contributed by atoms with Gasteiger partial charge in [-0.1, -0.05) is 6.42 Å². The van der Waals surface area contributed by atoms with Crippen LogP contribution in [-0.4, -0.2) is 31.1 Å². The second-order valence-corrected chi connectivity index (χ2v) is 6.76. The third-order valence-electron chi connectivity index (χ3n) is 3.45. The molecule has 0 spiro atoms. The Bertz CT molecular complexity index is 652. The number of hydrogen-bond donors (Lipinski definition) is 0. The minimum atomic E-state index is -4.54. The van der Waals surface area contributed by atoms with Gasteiger partial charge >= 0.3 is 0 Å². The molecule has 21 heavy (non-hydrogen) atoms. The van der Waals surface area contributed by atoms with E-state index in [4.69, 9.17) is 0 Å². The third-order valence-corrected chi connectivity index (χ3v) is 5.41. The third kappa shape index (κ3) is 2.96. The minimum absolute atomic E-state index is 0.00281. The van der Waals surface area contributed by atoms with Gasteiger partial charge in [0.1, 0.15) is 23.2 Å². The zero-order valence-electron chi connectivity index (χ0n) is 11.3. The van der Waals surface area contributed by atoms with Crippen LogP contribution >= 0.6 is 0 Å². The Hall–Kier alpha value is -1.41. The topological polar surface area (TPSA) is 54.5 Å². The van der Waals surface area contributed by atoms with Gasteiger partial charge in [-0.15, -0.1) is 0 Å². The summed E-state index contributed by atoms with van der Waals surface area (Å²) in [5.41, 5.74) is 0. The molecule has 1 aromatic rings. The van der Waals surface area contributed by atoms with Crippen molar-refractivity contribution >= 4 is 15.8 Å². The zero-order valence-corrected chi connectivity index (χ0v) is 12.1. The van der Waals surface area contributed by atoms with Gasteiger partial charge in [-0.2, -0.15) is 4.31 Å². The van der Waals surface area contributed by atoms with Crippen molar-refractivity contribution in [2.45, 2.75) is 37.1 Å². The Morgan fingerprint density at radius 2 is 1.76 bits per heavy atom. The highest BCUT2D eigenvalue weighted by Gasteiger charge is 2.39. The van der Waals surface area contributed by atoms with Gasteiger partial charge in [0.2, 0.25) is 10.0 Å². The van der Waals surface area contributed by atoms with Crippen LogP contribution in [0.5, 0.6) is 0 Å². The van der Waals surface area contributed by atoms with Crippen LogP contribution in [0.2, 0.25) is 0 Å². The highest BCUT2D eigenvalue weighted by atomic mass is 32.2. The molecule has 1 aromatic carbocycles. The standard InChI is InChI=1S/C13H14F3NO3S/c1-8(18)12-4-2-3-5-17(12)21(19,20)13-10(15)6-9(14)7-11(13)16/h6-7,12H,2-5H2,1H3. The molecule has 1 fully saturated rings. The lowest BCUT2D eigenvalue weighted by atomic mass is 10.0. The van der Waals surface area contributed by atoms with Crippen LogP contribution in [0.4, 0.5) is 13.2 Å².